The molecule has 0 aromatic heterocycles. The molecule has 1 aliphatic rings. The normalized spacial score (nSPS) is 25.8. The van der Waals surface area contributed by atoms with Crippen LogP contribution in [0.2, 0.25) is 0 Å². The van der Waals surface area contributed by atoms with Gasteiger partial charge in [-0.2, -0.15) is 0 Å². The number of hydrogen-bond acceptors (Lipinski definition) is 2. The Kier molecular flexibility index (Phi) is 3.85. The maximum atomic E-state index is 11.4. The lowest BCUT2D eigenvalue weighted by Gasteiger charge is -2.07. The maximum Gasteiger partial charge on any atom is 0.247 e. The summed E-state index contributed by atoms with van der Waals surface area (Å²) in [4.78, 5) is 22.2. The van der Waals surface area contributed by atoms with Crippen LogP contribution in [0, 0.1) is 0 Å². The molecule has 0 fully saturated rings. The van der Waals surface area contributed by atoms with Crippen LogP contribution in [0.15, 0.2) is 35.5 Å². The van der Waals surface area contributed by atoms with Crippen LogP contribution >= 0.6 is 0 Å². The number of allylic oxidation sites excluding steroid dienone is 5. The third kappa shape index (κ3) is 2.42. The summed E-state index contributed by atoms with van der Waals surface area (Å²) in [6, 6.07) is 0. The summed E-state index contributed by atoms with van der Waals surface area (Å²) in [6.07, 6.45) is 9.39. The average molecular weight is 191 g/mol. The van der Waals surface area contributed by atoms with Crippen LogP contribution in [0.3, 0.4) is 0 Å². The molecule has 1 aliphatic carbocycles. The second kappa shape index (κ2) is 5.17. The molecule has 1 rings (SSSR count). The fourth-order valence-corrected chi connectivity index (χ4v) is 1.31. The molecule has 74 valence electrons. The van der Waals surface area contributed by atoms with Gasteiger partial charge in [-0.3, -0.25) is 9.59 Å². The smallest absolute Gasteiger partial charge is 0.247 e. The molecule has 0 saturated heterocycles. The van der Waals surface area contributed by atoms with E-state index in [1.165, 1.54) is 0 Å². The zero-order valence-corrected chi connectivity index (χ0v) is 8.12. The second-order valence-electron chi connectivity index (χ2n) is 2.96. The van der Waals surface area contributed by atoms with Gasteiger partial charge >= 0.3 is 0 Å². The molecule has 3 nitrogen and oxygen atoms in total. The first-order chi connectivity index (χ1) is 6.79. The largest absolute Gasteiger partial charge is 0.355 e. The number of hydrogen-bond donors (Lipinski definition) is 1. The minimum atomic E-state index is -0.174. The van der Waals surface area contributed by atoms with Gasteiger partial charge in [-0.1, -0.05) is 24.3 Å². The molecule has 3 heteroatoms. The van der Waals surface area contributed by atoms with Crippen molar-refractivity contribution in [2.75, 3.05) is 7.05 Å². The summed E-state index contributed by atoms with van der Waals surface area (Å²) >= 11 is 0. The van der Waals surface area contributed by atoms with Crippen molar-refractivity contribution < 1.29 is 9.59 Å². The van der Waals surface area contributed by atoms with Crippen LogP contribution in [0.1, 0.15) is 12.8 Å². The van der Waals surface area contributed by atoms with Crippen molar-refractivity contribution in [3.05, 3.63) is 35.5 Å². The van der Waals surface area contributed by atoms with E-state index >= 15 is 0 Å². The zero-order valence-electron chi connectivity index (χ0n) is 8.12. The molecule has 1 N–H and O–H groups in total. The van der Waals surface area contributed by atoms with E-state index in [4.69, 9.17) is 0 Å². The summed E-state index contributed by atoms with van der Waals surface area (Å²) in [7, 11) is 1.57. The van der Waals surface area contributed by atoms with Crippen molar-refractivity contribution in [1.29, 1.82) is 0 Å². The van der Waals surface area contributed by atoms with Crippen molar-refractivity contribution in [2.45, 2.75) is 12.8 Å². The molecule has 0 aliphatic heterocycles. The quantitative estimate of drug-likeness (QED) is 0.665. The highest BCUT2D eigenvalue weighted by atomic mass is 16.1. The van der Waals surface area contributed by atoms with Gasteiger partial charge in [0, 0.05) is 18.2 Å². The zero-order chi connectivity index (χ0) is 10.4. The summed E-state index contributed by atoms with van der Waals surface area (Å²) in [6.45, 7) is 0. The molecule has 0 atom stereocenters. The summed E-state index contributed by atoms with van der Waals surface area (Å²) in [5.41, 5.74) is 1.02. The van der Waals surface area contributed by atoms with E-state index in [-0.39, 0.29) is 5.91 Å². The Morgan fingerprint density at radius 3 is 2.93 bits per heavy atom. The first-order valence-corrected chi connectivity index (χ1v) is 4.53. The molecule has 0 unspecified atom stereocenters. The minimum Gasteiger partial charge on any atom is -0.355 e. The van der Waals surface area contributed by atoms with E-state index in [2.05, 4.69) is 5.32 Å². The lowest BCUT2D eigenvalue weighted by atomic mass is 10.0. The van der Waals surface area contributed by atoms with Gasteiger partial charge in [0.1, 0.15) is 0 Å². The Hall–Kier alpha value is -1.64. The van der Waals surface area contributed by atoms with Crippen LogP contribution in [0.4, 0.5) is 0 Å². The molecular weight excluding hydrogens is 178 g/mol. The number of likely N-dealkylation sites (N-methyl/N-ethyl adjacent to an activating group) is 1. The number of rotatable bonds is 2. The summed E-state index contributed by atoms with van der Waals surface area (Å²) in [5.74, 6) is -0.174. The predicted octanol–water partition coefficient (Wildman–Crippen LogP) is 1.13. The number of carbonyl (C=O) groups excluding carboxylic acids is 2. The van der Waals surface area contributed by atoms with Crippen molar-refractivity contribution in [3.63, 3.8) is 0 Å². The topological polar surface area (TPSA) is 46.2 Å². The number of amides is 1. The van der Waals surface area contributed by atoms with E-state index in [0.717, 1.165) is 12.7 Å². The van der Waals surface area contributed by atoms with E-state index < -0.39 is 0 Å². The highest BCUT2D eigenvalue weighted by molar-refractivity contribution is 6.00. The second-order valence-corrected chi connectivity index (χ2v) is 2.96. The minimum absolute atomic E-state index is 0.174. The fourth-order valence-electron chi connectivity index (χ4n) is 1.31. The van der Waals surface area contributed by atoms with Gasteiger partial charge < -0.3 is 5.32 Å². The van der Waals surface area contributed by atoms with Gasteiger partial charge in [0.15, 0.2) is 6.29 Å². The van der Waals surface area contributed by atoms with E-state index in [1.807, 2.05) is 12.2 Å². The molecule has 0 aromatic rings. The Balaban J connectivity index is 3.04. The summed E-state index contributed by atoms with van der Waals surface area (Å²) in [5, 5.41) is 2.53. The number of nitrogens with one attached hydrogen (secondary N) is 1. The number of aldehydes is 1. The molecular formula is C11H13NO2. The van der Waals surface area contributed by atoms with Crippen molar-refractivity contribution >= 4 is 12.2 Å². The van der Waals surface area contributed by atoms with Gasteiger partial charge in [0.25, 0.3) is 0 Å². The number of carbonyl (C=O) groups is 2. The Morgan fingerprint density at radius 2 is 2.29 bits per heavy atom. The van der Waals surface area contributed by atoms with Crippen LogP contribution in [-0.4, -0.2) is 19.2 Å². The first kappa shape index (κ1) is 10.4. The van der Waals surface area contributed by atoms with Crippen LogP contribution in [0.25, 0.3) is 0 Å². The molecule has 0 radical (unpaired) electrons. The molecule has 0 saturated carbocycles. The van der Waals surface area contributed by atoms with Crippen molar-refractivity contribution in [2.24, 2.45) is 0 Å². The van der Waals surface area contributed by atoms with Crippen LogP contribution in [-0.2, 0) is 9.59 Å². The van der Waals surface area contributed by atoms with Crippen LogP contribution < -0.4 is 5.32 Å². The standard InChI is InChI=1S/C11H13NO2/c1-12-11(14)10-7-5-3-2-4-6-9(10)8-13/h2-4,6,8H,5,7H2,1H3,(H,12,14)/b3-2-,6-4-,10-9-. The highest BCUT2D eigenvalue weighted by Crippen LogP contribution is 2.14. The van der Waals surface area contributed by atoms with Gasteiger partial charge in [0.2, 0.25) is 5.91 Å². The Morgan fingerprint density at radius 1 is 1.50 bits per heavy atom. The third-order valence-corrected chi connectivity index (χ3v) is 2.06. The lowest BCUT2D eigenvalue weighted by Crippen LogP contribution is -2.21. The first-order valence-electron chi connectivity index (χ1n) is 4.53. The predicted molar refractivity (Wildman–Crippen MR) is 54.7 cm³/mol. The molecule has 0 aromatic carbocycles. The van der Waals surface area contributed by atoms with E-state index in [0.29, 0.717) is 17.6 Å². The van der Waals surface area contributed by atoms with Crippen molar-refractivity contribution in [3.8, 4) is 0 Å². The van der Waals surface area contributed by atoms with Gasteiger partial charge in [0.05, 0.1) is 0 Å². The molecule has 0 spiro atoms. The van der Waals surface area contributed by atoms with Gasteiger partial charge in [-0.15, -0.1) is 0 Å². The Labute approximate surface area is 83.2 Å². The summed E-state index contributed by atoms with van der Waals surface area (Å²) < 4.78 is 0. The van der Waals surface area contributed by atoms with Gasteiger partial charge in [-0.05, 0) is 12.8 Å². The highest BCUT2D eigenvalue weighted by Gasteiger charge is 2.11. The fraction of sp³-hybridized carbons (Fsp3) is 0.273. The molecule has 0 heterocycles. The van der Waals surface area contributed by atoms with E-state index in [1.54, 1.807) is 19.2 Å². The van der Waals surface area contributed by atoms with E-state index in [9.17, 15) is 9.59 Å². The maximum absolute atomic E-state index is 11.4. The average Bonchev–Trinajstić information content (AvgIpc) is 2.17. The molecule has 1 amide bonds. The van der Waals surface area contributed by atoms with Gasteiger partial charge in [-0.25, -0.2) is 0 Å². The van der Waals surface area contributed by atoms with Crippen LogP contribution in [0.5, 0.6) is 0 Å². The van der Waals surface area contributed by atoms with Crippen molar-refractivity contribution in [1.82, 2.24) is 5.32 Å². The Bertz CT molecular complexity index is 324. The lowest BCUT2D eigenvalue weighted by molar-refractivity contribution is -0.117. The molecule has 14 heavy (non-hydrogen) atoms. The monoisotopic (exact) mass is 191 g/mol. The third-order valence-electron chi connectivity index (χ3n) is 2.06. The SMILES string of the molecule is CNC(=O)/C1=C(C=O)/C=C\C=C/CC1. The molecule has 0 bridgehead atoms.